The van der Waals surface area contributed by atoms with Gasteiger partial charge in [-0.1, -0.05) is 13.8 Å². The Hall–Kier alpha value is -3.48. The first-order valence-corrected chi connectivity index (χ1v) is 11.4. The second kappa shape index (κ2) is 8.70. The summed E-state index contributed by atoms with van der Waals surface area (Å²) in [5, 5.41) is 7.18. The zero-order valence-electron chi connectivity index (χ0n) is 20.8. The SMILES string of the molecule is COc1cc([C@@H]2Nc3cc(C)c(C)cc3NC3=C2C(=O)CC(C)(C)C3)cc(OC)c1OC(C)=O. The van der Waals surface area contributed by atoms with Gasteiger partial charge in [-0.15, -0.1) is 0 Å². The predicted molar refractivity (Wildman–Crippen MR) is 132 cm³/mol. The maximum absolute atomic E-state index is 13.5. The molecular formula is C27H32N2O5. The number of esters is 1. The summed E-state index contributed by atoms with van der Waals surface area (Å²) in [6.07, 6.45) is 1.21. The second-order valence-corrected chi connectivity index (χ2v) is 9.87. The number of ketones is 1. The zero-order chi connectivity index (χ0) is 24.8. The van der Waals surface area contributed by atoms with Crippen LogP contribution in [0.5, 0.6) is 17.2 Å². The minimum atomic E-state index is -0.476. The third-order valence-electron chi connectivity index (χ3n) is 6.49. The fourth-order valence-electron chi connectivity index (χ4n) is 4.77. The van der Waals surface area contributed by atoms with Crippen LogP contribution in [-0.4, -0.2) is 26.0 Å². The van der Waals surface area contributed by atoms with Gasteiger partial charge in [0.15, 0.2) is 17.3 Å². The summed E-state index contributed by atoms with van der Waals surface area (Å²) in [6.45, 7) is 9.70. The van der Waals surface area contributed by atoms with Crippen molar-refractivity contribution in [1.82, 2.24) is 0 Å². The Labute approximate surface area is 200 Å². The first-order chi connectivity index (χ1) is 16.0. The van der Waals surface area contributed by atoms with E-state index in [0.29, 0.717) is 23.5 Å². The molecule has 0 saturated carbocycles. The van der Waals surface area contributed by atoms with Crippen molar-refractivity contribution in [3.05, 3.63) is 52.2 Å². The highest BCUT2D eigenvalue weighted by Crippen LogP contribution is 2.48. The van der Waals surface area contributed by atoms with E-state index in [-0.39, 0.29) is 16.9 Å². The summed E-state index contributed by atoms with van der Waals surface area (Å²) in [5.74, 6) is 0.546. The number of hydrogen-bond donors (Lipinski definition) is 2. The highest BCUT2D eigenvalue weighted by Gasteiger charge is 2.39. The quantitative estimate of drug-likeness (QED) is 0.458. The molecule has 7 heteroatoms. The molecule has 34 heavy (non-hydrogen) atoms. The third-order valence-corrected chi connectivity index (χ3v) is 6.49. The number of nitrogens with one attached hydrogen (secondary N) is 2. The molecule has 4 rings (SSSR count). The zero-order valence-corrected chi connectivity index (χ0v) is 20.8. The molecule has 0 spiro atoms. The van der Waals surface area contributed by atoms with Crippen LogP contribution in [0.25, 0.3) is 0 Å². The summed E-state index contributed by atoms with van der Waals surface area (Å²) in [5.41, 5.74) is 6.43. The number of carbonyl (C=O) groups is 2. The first kappa shape index (κ1) is 23.7. The van der Waals surface area contributed by atoms with Gasteiger partial charge in [-0.2, -0.15) is 0 Å². The number of benzene rings is 2. The van der Waals surface area contributed by atoms with Gasteiger partial charge in [0, 0.05) is 24.6 Å². The number of carbonyl (C=O) groups excluding carboxylic acids is 2. The van der Waals surface area contributed by atoms with Crippen LogP contribution >= 0.6 is 0 Å². The number of rotatable bonds is 4. The highest BCUT2D eigenvalue weighted by molar-refractivity contribution is 6.01. The molecule has 0 unspecified atom stereocenters. The topological polar surface area (TPSA) is 85.9 Å². The Morgan fingerprint density at radius 3 is 2.12 bits per heavy atom. The van der Waals surface area contributed by atoms with Gasteiger partial charge in [0.1, 0.15) is 0 Å². The van der Waals surface area contributed by atoms with Crippen molar-refractivity contribution in [1.29, 1.82) is 0 Å². The Morgan fingerprint density at radius 2 is 1.56 bits per heavy atom. The molecule has 2 aliphatic rings. The number of aryl methyl sites for hydroxylation is 2. The molecule has 0 fully saturated rings. The third kappa shape index (κ3) is 4.34. The molecule has 2 N–H and O–H groups in total. The van der Waals surface area contributed by atoms with Crippen molar-refractivity contribution in [2.75, 3.05) is 24.9 Å². The van der Waals surface area contributed by atoms with Gasteiger partial charge in [0.25, 0.3) is 0 Å². The molecule has 0 bridgehead atoms. The fraction of sp³-hybridized carbons (Fsp3) is 0.407. The van der Waals surface area contributed by atoms with Crippen molar-refractivity contribution in [2.24, 2.45) is 5.41 Å². The molecule has 7 nitrogen and oxygen atoms in total. The van der Waals surface area contributed by atoms with Gasteiger partial charge in [-0.25, -0.2) is 0 Å². The number of methoxy groups -OCH3 is 2. The van der Waals surface area contributed by atoms with E-state index in [1.165, 1.54) is 26.7 Å². The molecule has 2 aromatic carbocycles. The van der Waals surface area contributed by atoms with Gasteiger partial charge in [-0.05, 0) is 66.6 Å². The lowest BCUT2D eigenvalue weighted by Crippen LogP contribution is -2.31. The molecule has 0 radical (unpaired) electrons. The maximum atomic E-state index is 13.5. The van der Waals surface area contributed by atoms with Gasteiger partial charge in [0.2, 0.25) is 5.75 Å². The van der Waals surface area contributed by atoms with E-state index in [9.17, 15) is 9.59 Å². The van der Waals surface area contributed by atoms with E-state index in [2.05, 4.69) is 50.5 Å². The average molecular weight is 465 g/mol. The van der Waals surface area contributed by atoms with Crippen LogP contribution < -0.4 is 24.8 Å². The van der Waals surface area contributed by atoms with Crippen LogP contribution in [0.2, 0.25) is 0 Å². The van der Waals surface area contributed by atoms with Crippen LogP contribution in [0, 0.1) is 19.3 Å². The molecule has 180 valence electrons. The molecule has 0 amide bonds. The lowest BCUT2D eigenvalue weighted by Gasteiger charge is -2.34. The largest absolute Gasteiger partial charge is 0.493 e. The Balaban J connectivity index is 1.93. The molecular weight excluding hydrogens is 432 g/mol. The summed E-state index contributed by atoms with van der Waals surface area (Å²) < 4.78 is 16.5. The second-order valence-electron chi connectivity index (χ2n) is 9.87. The van der Waals surface area contributed by atoms with E-state index in [4.69, 9.17) is 14.2 Å². The lowest BCUT2D eigenvalue weighted by molar-refractivity contribution is -0.132. The van der Waals surface area contributed by atoms with E-state index in [1.807, 2.05) is 0 Å². The molecule has 0 aromatic heterocycles. The number of ether oxygens (including phenoxy) is 3. The number of anilines is 2. The summed E-state index contributed by atoms with van der Waals surface area (Å²) in [6, 6.07) is 7.36. The predicted octanol–water partition coefficient (Wildman–Crippen LogP) is 5.47. The number of allylic oxidation sites excluding steroid dienone is 1. The monoisotopic (exact) mass is 464 g/mol. The number of hydrogen-bond acceptors (Lipinski definition) is 7. The fourth-order valence-corrected chi connectivity index (χ4v) is 4.77. The van der Waals surface area contributed by atoms with Gasteiger partial charge >= 0.3 is 5.97 Å². The van der Waals surface area contributed by atoms with Crippen molar-refractivity contribution < 1.29 is 23.8 Å². The molecule has 2 aromatic rings. The van der Waals surface area contributed by atoms with Crippen molar-refractivity contribution in [3.63, 3.8) is 0 Å². The van der Waals surface area contributed by atoms with Crippen LogP contribution in [0.15, 0.2) is 35.5 Å². The van der Waals surface area contributed by atoms with E-state index < -0.39 is 12.0 Å². The molecule has 1 aliphatic carbocycles. The molecule has 1 aliphatic heterocycles. The minimum absolute atomic E-state index is 0.0968. The number of fused-ring (bicyclic) bond motifs is 1. The average Bonchev–Trinajstić information content (AvgIpc) is 2.89. The Kier molecular flexibility index (Phi) is 6.06. The van der Waals surface area contributed by atoms with Crippen molar-refractivity contribution in [2.45, 2.75) is 53.5 Å². The highest BCUT2D eigenvalue weighted by atomic mass is 16.6. The first-order valence-electron chi connectivity index (χ1n) is 11.4. The molecule has 0 saturated heterocycles. The van der Waals surface area contributed by atoms with Crippen LogP contribution in [0.4, 0.5) is 11.4 Å². The van der Waals surface area contributed by atoms with Gasteiger partial charge in [-0.3, -0.25) is 9.59 Å². The van der Waals surface area contributed by atoms with E-state index >= 15 is 0 Å². The summed E-state index contributed by atoms with van der Waals surface area (Å²) in [4.78, 5) is 25.2. The minimum Gasteiger partial charge on any atom is -0.493 e. The smallest absolute Gasteiger partial charge is 0.308 e. The maximum Gasteiger partial charge on any atom is 0.308 e. The summed E-state index contributed by atoms with van der Waals surface area (Å²) >= 11 is 0. The van der Waals surface area contributed by atoms with E-state index in [1.54, 1.807) is 12.1 Å². The van der Waals surface area contributed by atoms with Gasteiger partial charge in [0.05, 0.1) is 31.6 Å². The number of Topliss-reactive ketones (excluding diaryl/α,β-unsaturated/α-hetero) is 1. The lowest BCUT2D eigenvalue weighted by atomic mass is 9.73. The van der Waals surface area contributed by atoms with Crippen molar-refractivity contribution >= 4 is 23.1 Å². The van der Waals surface area contributed by atoms with Crippen molar-refractivity contribution in [3.8, 4) is 17.2 Å². The molecule has 1 heterocycles. The van der Waals surface area contributed by atoms with Crippen LogP contribution in [0.1, 0.15) is 56.3 Å². The normalized spacial score (nSPS) is 18.7. The van der Waals surface area contributed by atoms with E-state index in [0.717, 1.165) is 34.6 Å². The Bertz CT molecular complexity index is 1190. The molecule has 1 atom stereocenters. The standard InChI is InChI=1S/C27H32N2O5/c1-14-8-18-19(9-15(14)2)29-25(24-20(28-18)12-27(4,5)13-21(24)31)17-10-22(32-6)26(34-16(3)30)23(11-17)33-7/h8-11,25,28-29H,12-13H2,1-7H3/t25-/m0/s1. The van der Waals surface area contributed by atoms with Crippen LogP contribution in [-0.2, 0) is 9.59 Å². The Morgan fingerprint density at radius 1 is 0.971 bits per heavy atom. The van der Waals surface area contributed by atoms with Crippen LogP contribution in [0.3, 0.4) is 0 Å². The van der Waals surface area contributed by atoms with Gasteiger partial charge < -0.3 is 24.8 Å². The summed E-state index contributed by atoms with van der Waals surface area (Å²) in [7, 11) is 3.02.